The molecule has 0 unspecified atom stereocenters. The van der Waals surface area contributed by atoms with Crippen LogP contribution in [0, 0.1) is 0 Å². The fourth-order valence-electron chi connectivity index (χ4n) is 2.26. The maximum absolute atomic E-state index is 12.8. The third-order valence-electron chi connectivity index (χ3n) is 3.50. The van der Waals surface area contributed by atoms with Gasteiger partial charge in [0.1, 0.15) is 0 Å². The highest BCUT2D eigenvalue weighted by atomic mass is 16.2. The average molecular weight is 291 g/mol. The van der Waals surface area contributed by atoms with E-state index < -0.39 is 0 Å². The Balaban J connectivity index is 2.87. The number of nitrogens with one attached hydrogen (secondary N) is 1. The van der Waals surface area contributed by atoms with Crippen molar-refractivity contribution < 1.29 is 4.79 Å². The van der Waals surface area contributed by atoms with Crippen LogP contribution in [0.15, 0.2) is 18.5 Å². The predicted octanol–water partition coefficient (Wildman–Crippen LogP) is 3.94. The lowest BCUT2D eigenvalue weighted by atomic mass is 10.1. The minimum atomic E-state index is 0.0992. The first-order valence-electron chi connectivity index (χ1n) is 8.10. The molecule has 1 rings (SSSR count). The van der Waals surface area contributed by atoms with Crippen molar-refractivity contribution in [3.05, 3.63) is 24.0 Å². The van der Waals surface area contributed by atoms with Gasteiger partial charge in [-0.1, -0.05) is 26.7 Å². The van der Waals surface area contributed by atoms with Crippen LogP contribution in [0.5, 0.6) is 0 Å². The number of hydrogen-bond acceptors (Lipinski definition) is 3. The van der Waals surface area contributed by atoms with Crippen LogP contribution in [0.2, 0.25) is 0 Å². The van der Waals surface area contributed by atoms with E-state index in [4.69, 9.17) is 0 Å². The quantitative estimate of drug-likeness (QED) is 0.701. The fourth-order valence-corrected chi connectivity index (χ4v) is 2.26. The van der Waals surface area contributed by atoms with E-state index in [0.717, 1.165) is 43.6 Å². The van der Waals surface area contributed by atoms with Gasteiger partial charge in [-0.25, -0.2) is 0 Å². The summed E-state index contributed by atoms with van der Waals surface area (Å²) in [5.74, 6) is 0.0992. The maximum atomic E-state index is 12.8. The van der Waals surface area contributed by atoms with Gasteiger partial charge in [-0.05, 0) is 32.8 Å². The molecular weight excluding hydrogens is 262 g/mol. The van der Waals surface area contributed by atoms with Crippen LogP contribution in [0.1, 0.15) is 63.7 Å². The summed E-state index contributed by atoms with van der Waals surface area (Å²) in [6.07, 6.45) is 7.84. The summed E-state index contributed by atoms with van der Waals surface area (Å²) >= 11 is 0. The molecular formula is C17H29N3O. The Labute approximate surface area is 129 Å². The molecule has 1 aromatic heterocycles. The lowest BCUT2D eigenvalue weighted by Crippen LogP contribution is -2.38. The van der Waals surface area contributed by atoms with Crippen LogP contribution in [0.25, 0.3) is 0 Å². The van der Waals surface area contributed by atoms with Crippen LogP contribution < -0.4 is 5.32 Å². The molecule has 1 N–H and O–H groups in total. The van der Waals surface area contributed by atoms with E-state index in [9.17, 15) is 4.79 Å². The maximum Gasteiger partial charge on any atom is 0.256 e. The van der Waals surface area contributed by atoms with Crippen molar-refractivity contribution in [3.8, 4) is 0 Å². The summed E-state index contributed by atoms with van der Waals surface area (Å²) < 4.78 is 0. The summed E-state index contributed by atoms with van der Waals surface area (Å²) in [5.41, 5.74) is 1.56. The van der Waals surface area contributed by atoms with Crippen LogP contribution in [0.4, 0.5) is 5.69 Å². The molecule has 21 heavy (non-hydrogen) atoms. The number of hydrogen-bond donors (Lipinski definition) is 1. The number of amides is 1. The van der Waals surface area contributed by atoms with Crippen molar-refractivity contribution in [3.63, 3.8) is 0 Å². The highest BCUT2D eigenvalue weighted by Crippen LogP contribution is 2.18. The van der Waals surface area contributed by atoms with Gasteiger partial charge in [-0.3, -0.25) is 9.78 Å². The van der Waals surface area contributed by atoms with E-state index in [-0.39, 0.29) is 11.9 Å². The number of aromatic nitrogens is 1. The molecule has 0 radical (unpaired) electrons. The molecule has 1 aromatic rings. The highest BCUT2D eigenvalue weighted by Gasteiger charge is 2.20. The van der Waals surface area contributed by atoms with Crippen molar-refractivity contribution >= 4 is 11.6 Å². The zero-order valence-electron chi connectivity index (χ0n) is 13.9. The minimum absolute atomic E-state index is 0.0992. The molecule has 1 heterocycles. The first-order chi connectivity index (χ1) is 10.1. The van der Waals surface area contributed by atoms with Crippen molar-refractivity contribution in [1.29, 1.82) is 0 Å². The topological polar surface area (TPSA) is 45.2 Å². The molecule has 0 aromatic carbocycles. The van der Waals surface area contributed by atoms with Crippen molar-refractivity contribution in [2.24, 2.45) is 0 Å². The zero-order valence-corrected chi connectivity index (χ0v) is 13.9. The molecule has 0 aliphatic heterocycles. The molecule has 0 aliphatic rings. The lowest BCUT2D eigenvalue weighted by molar-refractivity contribution is 0.0703. The van der Waals surface area contributed by atoms with Gasteiger partial charge in [0.15, 0.2) is 0 Å². The number of anilines is 1. The molecule has 0 saturated carbocycles. The Morgan fingerprint density at radius 2 is 2.05 bits per heavy atom. The smallest absolute Gasteiger partial charge is 0.256 e. The second-order valence-electron chi connectivity index (χ2n) is 5.65. The Morgan fingerprint density at radius 3 is 2.67 bits per heavy atom. The summed E-state index contributed by atoms with van der Waals surface area (Å²) in [7, 11) is 0. The second-order valence-corrected chi connectivity index (χ2v) is 5.65. The number of carbonyl (C=O) groups is 1. The van der Waals surface area contributed by atoms with Crippen molar-refractivity contribution in [2.45, 2.75) is 59.4 Å². The fraction of sp³-hybridized carbons (Fsp3) is 0.647. The van der Waals surface area contributed by atoms with E-state index in [1.807, 2.05) is 11.0 Å². The summed E-state index contributed by atoms with van der Waals surface area (Å²) in [5, 5.41) is 3.29. The molecule has 0 spiro atoms. The van der Waals surface area contributed by atoms with Crippen LogP contribution in [-0.2, 0) is 0 Å². The van der Waals surface area contributed by atoms with Gasteiger partial charge in [0.2, 0.25) is 0 Å². The summed E-state index contributed by atoms with van der Waals surface area (Å²) in [6.45, 7) is 10.1. The first kappa shape index (κ1) is 17.5. The third kappa shape index (κ3) is 5.37. The number of nitrogens with zero attached hydrogens (tertiary/aromatic N) is 2. The standard InChI is InChI=1S/C17H29N3O/c1-5-7-8-12-20(14(3)4)17(21)15-9-11-18-13-16(15)19-10-6-2/h9,11,13-14,19H,5-8,10,12H2,1-4H3. The molecule has 4 heteroatoms. The Hall–Kier alpha value is -1.58. The van der Waals surface area contributed by atoms with Crippen molar-refractivity contribution in [1.82, 2.24) is 9.88 Å². The van der Waals surface area contributed by atoms with Gasteiger partial charge in [-0.2, -0.15) is 0 Å². The molecule has 0 bridgehead atoms. The summed E-state index contributed by atoms with van der Waals surface area (Å²) in [4.78, 5) is 18.9. The Morgan fingerprint density at radius 1 is 1.29 bits per heavy atom. The largest absolute Gasteiger partial charge is 0.383 e. The van der Waals surface area contributed by atoms with Gasteiger partial charge in [-0.15, -0.1) is 0 Å². The van der Waals surface area contributed by atoms with Crippen LogP contribution >= 0.6 is 0 Å². The zero-order chi connectivity index (χ0) is 15.7. The van der Waals surface area contributed by atoms with Gasteiger partial charge < -0.3 is 10.2 Å². The average Bonchev–Trinajstić information content (AvgIpc) is 2.49. The van der Waals surface area contributed by atoms with E-state index in [2.05, 4.69) is 38.0 Å². The van der Waals surface area contributed by atoms with E-state index in [1.165, 1.54) is 6.42 Å². The second kappa shape index (κ2) is 9.37. The van der Waals surface area contributed by atoms with Gasteiger partial charge in [0, 0.05) is 25.3 Å². The molecule has 118 valence electrons. The van der Waals surface area contributed by atoms with Gasteiger partial charge in [0.25, 0.3) is 5.91 Å². The van der Waals surface area contributed by atoms with Gasteiger partial charge >= 0.3 is 0 Å². The molecule has 0 saturated heterocycles. The van der Waals surface area contributed by atoms with E-state index in [0.29, 0.717) is 0 Å². The Kier molecular flexibility index (Phi) is 7.80. The summed E-state index contributed by atoms with van der Waals surface area (Å²) in [6, 6.07) is 2.02. The molecule has 0 fully saturated rings. The number of carbonyl (C=O) groups excluding carboxylic acids is 1. The molecule has 1 amide bonds. The van der Waals surface area contributed by atoms with E-state index in [1.54, 1.807) is 12.4 Å². The minimum Gasteiger partial charge on any atom is -0.383 e. The number of pyridine rings is 1. The van der Waals surface area contributed by atoms with Crippen LogP contribution in [0.3, 0.4) is 0 Å². The predicted molar refractivity (Wildman–Crippen MR) is 88.7 cm³/mol. The third-order valence-corrected chi connectivity index (χ3v) is 3.50. The van der Waals surface area contributed by atoms with Crippen molar-refractivity contribution in [2.75, 3.05) is 18.4 Å². The monoisotopic (exact) mass is 291 g/mol. The molecule has 0 aliphatic carbocycles. The highest BCUT2D eigenvalue weighted by molar-refractivity contribution is 5.99. The van der Waals surface area contributed by atoms with Gasteiger partial charge in [0.05, 0.1) is 17.4 Å². The first-order valence-corrected chi connectivity index (χ1v) is 8.10. The van der Waals surface area contributed by atoms with E-state index >= 15 is 0 Å². The number of unbranched alkanes of at least 4 members (excludes halogenated alkanes) is 2. The normalized spacial score (nSPS) is 10.7. The van der Waals surface area contributed by atoms with Crippen LogP contribution in [-0.4, -0.2) is 34.9 Å². The molecule has 4 nitrogen and oxygen atoms in total. The lowest BCUT2D eigenvalue weighted by Gasteiger charge is -2.27. The Bertz CT molecular complexity index is 432. The SMILES string of the molecule is CCCCCN(C(=O)c1ccncc1NCCC)C(C)C. The number of rotatable bonds is 9. The molecule has 0 atom stereocenters.